The maximum absolute atomic E-state index is 13.2. The van der Waals surface area contributed by atoms with Gasteiger partial charge in [0.2, 0.25) is 18.1 Å². The Morgan fingerprint density at radius 2 is 2.02 bits per heavy atom. The Bertz CT molecular complexity index is 1590. The lowest BCUT2D eigenvalue weighted by Gasteiger charge is -2.34. The van der Waals surface area contributed by atoms with Crippen molar-refractivity contribution in [1.29, 1.82) is 5.26 Å². The molecule has 3 amide bonds. The van der Waals surface area contributed by atoms with Crippen molar-refractivity contribution in [2.24, 2.45) is 11.8 Å². The van der Waals surface area contributed by atoms with E-state index in [9.17, 15) is 14.4 Å². The summed E-state index contributed by atoms with van der Waals surface area (Å²) < 4.78 is 14.1. The second-order valence-electron chi connectivity index (χ2n) is 11.6. The number of aromatic nitrogens is 4. The molecule has 1 unspecified atom stereocenters. The number of nitrogens with one attached hydrogen (secondary N) is 2. The van der Waals surface area contributed by atoms with Crippen LogP contribution in [-0.4, -0.2) is 92.1 Å². The number of nitriles is 1. The molecule has 232 valence electrons. The van der Waals surface area contributed by atoms with E-state index in [-0.39, 0.29) is 37.3 Å². The van der Waals surface area contributed by atoms with Crippen LogP contribution in [0.4, 0.5) is 21.1 Å². The Labute approximate surface area is 255 Å². The van der Waals surface area contributed by atoms with Gasteiger partial charge in [0.25, 0.3) is 0 Å². The molecular weight excluding hydrogens is 566 g/mol. The van der Waals surface area contributed by atoms with E-state index < -0.39 is 17.7 Å². The Hall–Kier alpha value is -5.06. The van der Waals surface area contributed by atoms with E-state index in [0.29, 0.717) is 41.5 Å². The number of carbonyl (C=O) groups is 3. The van der Waals surface area contributed by atoms with E-state index in [1.54, 1.807) is 50.1 Å². The van der Waals surface area contributed by atoms with Crippen LogP contribution in [0.5, 0.6) is 5.88 Å². The van der Waals surface area contributed by atoms with Crippen LogP contribution in [0.2, 0.25) is 0 Å². The van der Waals surface area contributed by atoms with Crippen LogP contribution in [0.1, 0.15) is 40.5 Å². The Morgan fingerprint density at radius 3 is 2.77 bits per heavy atom. The lowest BCUT2D eigenvalue weighted by Crippen LogP contribution is -2.44. The van der Waals surface area contributed by atoms with Crippen LogP contribution in [0.3, 0.4) is 0 Å². The zero-order chi connectivity index (χ0) is 31.9. The topological polar surface area (TPSA) is 167 Å². The Balaban J connectivity index is 1.42. The summed E-state index contributed by atoms with van der Waals surface area (Å²) in [5.74, 6) is 1.15. The number of hydrogen-bond donors (Lipinski definition) is 2. The molecule has 0 spiro atoms. The third kappa shape index (κ3) is 8.27. The number of pyridine rings is 1. The van der Waals surface area contributed by atoms with E-state index in [1.807, 2.05) is 23.9 Å². The molecule has 14 heteroatoms. The molecular formula is C30H38N9O5+. The molecule has 0 radical (unpaired) electrons. The second kappa shape index (κ2) is 13.9. The van der Waals surface area contributed by atoms with Gasteiger partial charge in [0.05, 0.1) is 25.9 Å². The van der Waals surface area contributed by atoms with Crippen LogP contribution in [0, 0.1) is 23.2 Å². The number of piperidine rings is 1. The molecule has 0 saturated carbocycles. The zero-order valence-electron chi connectivity index (χ0n) is 25.6. The monoisotopic (exact) mass is 604 g/mol. The highest BCUT2D eigenvalue weighted by molar-refractivity contribution is 5.99. The lowest BCUT2D eigenvalue weighted by atomic mass is 9.87. The summed E-state index contributed by atoms with van der Waals surface area (Å²) in [6, 6.07) is 6.49. The summed E-state index contributed by atoms with van der Waals surface area (Å²) in [5.41, 5.74) is 0.294. The highest BCUT2D eigenvalue weighted by Crippen LogP contribution is 2.26. The van der Waals surface area contributed by atoms with Crippen molar-refractivity contribution < 1.29 is 28.4 Å². The minimum absolute atomic E-state index is 0.0722. The summed E-state index contributed by atoms with van der Waals surface area (Å²) in [7, 11) is 1.88. The summed E-state index contributed by atoms with van der Waals surface area (Å²) >= 11 is 0. The first kappa shape index (κ1) is 31.9. The largest absolute Gasteiger partial charge is 0.476 e. The number of anilines is 1. The molecule has 4 heterocycles. The van der Waals surface area contributed by atoms with E-state index in [1.165, 1.54) is 17.1 Å². The van der Waals surface area contributed by atoms with Crippen molar-refractivity contribution in [3.63, 3.8) is 0 Å². The maximum atomic E-state index is 13.2. The van der Waals surface area contributed by atoms with Crippen molar-refractivity contribution >= 4 is 46.8 Å². The first-order chi connectivity index (χ1) is 20.9. The first-order valence-corrected chi connectivity index (χ1v) is 14.4. The molecule has 4 rings (SSSR count). The highest BCUT2D eigenvalue weighted by Gasteiger charge is 2.30. The molecule has 44 heavy (non-hydrogen) atoms. The van der Waals surface area contributed by atoms with Crippen molar-refractivity contribution in [3.8, 4) is 11.9 Å². The minimum Gasteiger partial charge on any atom is -0.476 e. The minimum atomic E-state index is -0.593. The number of nitrogens with zero attached hydrogens (tertiary/aromatic N) is 7. The Morgan fingerprint density at radius 1 is 1.23 bits per heavy atom. The summed E-state index contributed by atoms with van der Waals surface area (Å²) in [4.78, 5) is 52.0. The smallest absolute Gasteiger partial charge is 0.407 e. The van der Waals surface area contributed by atoms with Gasteiger partial charge in [0.1, 0.15) is 24.0 Å². The van der Waals surface area contributed by atoms with Crippen LogP contribution in [0.25, 0.3) is 11.0 Å². The van der Waals surface area contributed by atoms with Gasteiger partial charge >= 0.3 is 17.9 Å². The van der Waals surface area contributed by atoms with E-state index in [4.69, 9.17) is 14.7 Å². The van der Waals surface area contributed by atoms with Gasteiger partial charge in [-0.1, -0.05) is 6.92 Å². The molecule has 0 aliphatic carbocycles. The molecule has 2 atom stereocenters. The predicted octanol–water partition coefficient (Wildman–Crippen LogP) is 3.55. The van der Waals surface area contributed by atoms with Gasteiger partial charge < -0.3 is 25.0 Å². The fraction of sp³-hybridized carbons (Fsp3) is 0.467. The first-order valence-electron chi connectivity index (χ1n) is 14.4. The highest BCUT2D eigenvalue weighted by atomic mass is 16.6. The summed E-state index contributed by atoms with van der Waals surface area (Å²) in [5, 5.41) is 15.0. The zero-order valence-corrected chi connectivity index (χ0v) is 25.6. The fourth-order valence-electron chi connectivity index (χ4n) is 4.81. The van der Waals surface area contributed by atoms with Gasteiger partial charge in [-0.05, 0) is 50.2 Å². The van der Waals surface area contributed by atoms with Crippen LogP contribution < -0.4 is 15.4 Å². The number of rotatable bonds is 8. The van der Waals surface area contributed by atoms with Gasteiger partial charge in [0, 0.05) is 43.2 Å². The van der Waals surface area contributed by atoms with Gasteiger partial charge in [-0.25, -0.2) is 19.1 Å². The third-order valence-electron chi connectivity index (χ3n) is 7.03. The Kier molecular flexibility index (Phi) is 10.1. The molecule has 1 aliphatic rings. The number of amides is 3. The molecule has 0 bridgehead atoms. The van der Waals surface area contributed by atoms with Crippen molar-refractivity contribution in [2.75, 3.05) is 38.6 Å². The molecule has 1 saturated heterocycles. The normalized spacial score (nSPS) is 17.1. The van der Waals surface area contributed by atoms with Gasteiger partial charge in [0.15, 0.2) is 5.65 Å². The van der Waals surface area contributed by atoms with Gasteiger partial charge in [-0.2, -0.15) is 10.2 Å². The molecule has 1 fully saturated rings. The molecule has 2 N–H and O–H groups in total. The van der Waals surface area contributed by atoms with Crippen molar-refractivity contribution in [1.82, 2.24) is 29.7 Å². The summed E-state index contributed by atoms with van der Waals surface area (Å²) in [6.07, 6.45) is 6.75. The number of hydrogen-bond acceptors (Lipinski definition) is 9. The fourth-order valence-corrected chi connectivity index (χ4v) is 4.81. The number of fused-ring (bicyclic) bond motifs is 1. The number of likely N-dealkylation sites (tertiary alicyclic amines) is 1. The van der Waals surface area contributed by atoms with Crippen LogP contribution in [-0.2, 0) is 9.53 Å². The van der Waals surface area contributed by atoms with E-state index >= 15 is 0 Å². The lowest BCUT2D eigenvalue weighted by molar-refractivity contribution is -0.405. The average Bonchev–Trinajstić information content (AvgIpc) is 3.40. The van der Waals surface area contributed by atoms with Crippen molar-refractivity contribution in [2.45, 2.75) is 46.1 Å². The molecule has 3 aromatic heterocycles. The molecule has 14 nitrogen and oxygen atoms in total. The molecule has 1 aliphatic heterocycles. The average molecular weight is 605 g/mol. The molecule has 0 aromatic carbocycles. The predicted molar refractivity (Wildman–Crippen MR) is 162 cm³/mol. The SMILES string of the molecule is C[C@@H]1CCN(C(=O)CC#N)CC1C=[N+](C)c1ncnc2c1ccn2C(=O)Nc1ccnc(OCCNC(=O)OC(C)(C)C)c1. The van der Waals surface area contributed by atoms with Crippen molar-refractivity contribution in [3.05, 3.63) is 36.9 Å². The second-order valence-corrected chi connectivity index (χ2v) is 11.6. The maximum Gasteiger partial charge on any atom is 0.407 e. The number of carbonyl (C=O) groups excluding carboxylic acids is 3. The number of alkyl carbamates (subject to hydrolysis) is 1. The van der Waals surface area contributed by atoms with Gasteiger partial charge in [-0.15, -0.1) is 0 Å². The summed E-state index contributed by atoms with van der Waals surface area (Å²) in [6.45, 7) is 9.03. The standard InChI is InChI=1S/C30H37N9O5/c1-20-8-13-38(25(40)6-10-31)18-21(20)17-37(5)26-23-9-14-39(27(23)35-19-34-26)28(41)36-22-7-11-32-24(16-22)43-15-12-33-29(42)44-30(2,3)4/h7,9,11,14,16-17,19-21H,6,8,12-13,15,18H2,1-5H3,(H-,32,33,36,41,42)/p+1/t20-,21?/m1/s1. The van der Waals surface area contributed by atoms with E-state index in [2.05, 4.69) is 32.5 Å². The third-order valence-corrected chi connectivity index (χ3v) is 7.03. The quantitative estimate of drug-likeness (QED) is 0.222. The van der Waals surface area contributed by atoms with Crippen LogP contribution in [0.15, 0.2) is 36.9 Å². The van der Waals surface area contributed by atoms with Crippen LogP contribution >= 0.6 is 0 Å². The number of ether oxygens (including phenoxy) is 2. The van der Waals surface area contributed by atoms with Gasteiger partial charge in [-0.3, -0.25) is 9.36 Å². The molecule has 3 aromatic rings. The van der Waals surface area contributed by atoms with E-state index in [0.717, 1.165) is 6.42 Å².